The molecule has 0 radical (unpaired) electrons. The Morgan fingerprint density at radius 2 is 1.78 bits per heavy atom. The highest BCUT2D eigenvalue weighted by atomic mass is 79.9. The third-order valence-corrected chi connectivity index (χ3v) is 9.40. The first-order chi connectivity index (χ1) is 17.5. The number of ether oxygens (including phenoxy) is 2. The van der Waals surface area contributed by atoms with Gasteiger partial charge in [-0.15, -0.1) is 21.5 Å². The highest BCUT2D eigenvalue weighted by Crippen LogP contribution is 2.38. The quantitative estimate of drug-likeness (QED) is 0.270. The van der Waals surface area contributed by atoms with Crippen LogP contribution in [-0.4, -0.2) is 57.6 Å². The number of sulfone groups is 1. The fraction of sp³-hybridized carbons (Fsp3) is 0.348. The maximum absolute atomic E-state index is 15.9. The number of hydrogen-bond acceptors (Lipinski definition) is 10. The highest BCUT2D eigenvalue weighted by Gasteiger charge is 2.44. The molecule has 0 bridgehead atoms. The second kappa shape index (κ2) is 10.4. The second-order valence-corrected chi connectivity index (χ2v) is 12.4. The van der Waals surface area contributed by atoms with Crippen LogP contribution in [0.1, 0.15) is 31.2 Å². The van der Waals surface area contributed by atoms with E-state index in [9.17, 15) is 8.42 Å². The molecule has 1 aromatic carbocycles. The van der Waals surface area contributed by atoms with E-state index in [-0.39, 0.29) is 11.6 Å². The highest BCUT2D eigenvalue weighted by molar-refractivity contribution is 9.10. The molecule has 3 aromatic heterocycles. The predicted molar refractivity (Wildman–Crippen MR) is 141 cm³/mol. The third kappa shape index (κ3) is 5.22. The zero-order chi connectivity index (χ0) is 27.0. The standard InChI is InChI=1S/C23H24BrFN6O4S2/c1-13-11-36-21(28-13)20-30-29-18(31(20)19-16(34-4)7-6-8-17(19)35-5)12-37(32,33)14(2)23(3,25)22-26-9-15(24)10-27-22/h6-11,14H,12H2,1-5H3/t14-,23+/m1/s1. The molecule has 196 valence electrons. The van der Waals surface area contributed by atoms with E-state index in [2.05, 4.69) is 41.1 Å². The molecule has 0 amide bonds. The number of thiazole rings is 1. The minimum atomic E-state index is -4.15. The van der Waals surface area contributed by atoms with Crippen LogP contribution in [0.15, 0.2) is 40.4 Å². The first-order valence-electron chi connectivity index (χ1n) is 11.0. The molecule has 0 saturated carbocycles. The van der Waals surface area contributed by atoms with Crippen LogP contribution in [0.25, 0.3) is 16.5 Å². The number of hydrogen-bond donors (Lipinski definition) is 0. The Bertz CT molecular complexity index is 1500. The van der Waals surface area contributed by atoms with Gasteiger partial charge < -0.3 is 9.47 Å². The van der Waals surface area contributed by atoms with Crippen LogP contribution >= 0.6 is 27.3 Å². The van der Waals surface area contributed by atoms with Gasteiger partial charge in [-0.05, 0) is 48.8 Å². The van der Waals surface area contributed by atoms with E-state index in [1.807, 2.05) is 12.3 Å². The van der Waals surface area contributed by atoms with E-state index in [0.717, 1.165) is 12.6 Å². The Morgan fingerprint density at radius 3 is 2.32 bits per heavy atom. The van der Waals surface area contributed by atoms with E-state index in [0.29, 0.717) is 32.5 Å². The number of aromatic nitrogens is 6. The van der Waals surface area contributed by atoms with Crippen LogP contribution in [0, 0.1) is 6.92 Å². The van der Waals surface area contributed by atoms with Crippen LogP contribution in [0.5, 0.6) is 11.5 Å². The Hall–Kier alpha value is -2.97. The van der Waals surface area contributed by atoms with Crippen molar-refractivity contribution in [3.05, 3.63) is 57.8 Å². The van der Waals surface area contributed by atoms with Gasteiger partial charge in [0.25, 0.3) is 0 Å². The molecule has 4 aromatic rings. The lowest BCUT2D eigenvalue weighted by Crippen LogP contribution is -2.39. The molecule has 0 aliphatic heterocycles. The van der Waals surface area contributed by atoms with Crippen molar-refractivity contribution in [2.24, 2.45) is 0 Å². The lowest BCUT2D eigenvalue weighted by molar-refractivity contribution is 0.174. The minimum absolute atomic E-state index is 0.0463. The molecule has 37 heavy (non-hydrogen) atoms. The van der Waals surface area contributed by atoms with Crippen molar-refractivity contribution in [1.29, 1.82) is 0 Å². The smallest absolute Gasteiger partial charge is 0.197 e. The summed E-state index contributed by atoms with van der Waals surface area (Å²) in [5.41, 5.74) is -1.20. The molecule has 0 unspecified atom stereocenters. The molecule has 4 rings (SSSR count). The number of halogens is 2. The molecule has 3 heterocycles. The van der Waals surface area contributed by atoms with Gasteiger partial charge in [0.15, 0.2) is 38.0 Å². The molecule has 0 fully saturated rings. The van der Waals surface area contributed by atoms with E-state index in [4.69, 9.17) is 9.47 Å². The van der Waals surface area contributed by atoms with Gasteiger partial charge in [0.2, 0.25) is 0 Å². The largest absolute Gasteiger partial charge is 0.494 e. The lowest BCUT2D eigenvalue weighted by atomic mass is 10.0. The average molecular weight is 612 g/mol. The number of nitrogens with zero attached hydrogens (tertiary/aromatic N) is 6. The van der Waals surface area contributed by atoms with E-state index in [1.54, 1.807) is 18.2 Å². The van der Waals surface area contributed by atoms with Gasteiger partial charge in [-0.2, -0.15) is 0 Å². The zero-order valence-corrected chi connectivity index (χ0v) is 23.9. The number of para-hydroxylation sites is 1. The van der Waals surface area contributed by atoms with Crippen molar-refractivity contribution in [3.8, 4) is 28.0 Å². The SMILES string of the molecule is COc1cccc(OC)c1-n1c(CS(=O)(=O)[C@H](C)[C@](C)(F)c2ncc(Br)cn2)nnc1-c1nc(C)cs1. The molecule has 14 heteroatoms. The van der Waals surface area contributed by atoms with Crippen LogP contribution in [-0.2, 0) is 21.3 Å². The Kier molecular flexibility index (Phi) is 7.62. The van der Waals surface area contributed by atoms with Gasteiger partial charge in [0, 0.05) is 23.5 Å². The summed E-state index contributed by atoms with van der Waals surface area (Å²) >= 11 is 4.53. The van der Waals surface area contributed by atoms with Crippen molar-refractivity contribution in [1.82, 2.24) is 29.7 Å². The fourth-order valence-corrected chi connectivity index (χ4v) is 6.23. The maximum Gasteiger partial charge on any atom is 0.197 e. The summed E-state index contributed by atoms with van der Waals surface area (Å²) in [5.74, 6) is 0.294. The van der Waals surface area contributed by atoms with Crippen molar-refractivity contribution in [2.45, 2.75) is 37.4 Å². The summed E-state index contributed by atoms with van der Waals surface area (Å²) in [6.07, 6.45) is 2.73. The normalized spacial score (nSPS) is 14.2. The molecule has 0 aliphatic rings. The van der Waals surface area contributed by atoms with Gasteiger partial charge >= 0.3 is 0 Å². The number of aryl methyl sites for hydroxylation is 1. The van der Waals surface area contributed by atoms with Crippen LogP contribution < -0.4 is 9.47 Å². The topological polar surface area (TPSA) is 122 Å². The summed E-state index contributed by atoms with van der Waals surface area (Å²) in [5, 5.41) is 9.32. The average Bonchev–Trinajstić information content (AvgIpc) is 3.48. The first kappa shape index (κ1) is 27.1. The van der Waals surface area contributed by atoms with Gasteiger partial charge in [0.1, 0.15) is 28.2 Å². The van der Waals surface area contributed by atoms with Gasteiger partial charge in [-0.1, -0.05) is 6.07 Å². The molecule has 0 aliphatic carbocycles. The predicted octanol–water partition coefficient (Wildman–Crippen LogP) is 4.46. The van der Waals surface area contributed by atoms with E-state index >= 15 is 4.39 Å². The molecule has 0 saturated heterocycles. The zero-order valence-electron chi connectivity index (χ0n) is 20.6. The summed E-state index contributed by atoms with van der Waals surface area (Å²) in [7, 11) is -1.18. The number of benzene rings is 1. The molecule has 10 nitrogen and oxygen atoms in total. The van der Waals surface area contributed by atoms with Crippen LogP contribution in [0.4, 0.5) is 4.39 Å². The first-order valence-corrected chi connectivity index (χ1v) is 14.3. The Balaban J connectivity index is 1.84. The maximum atomic E-state index is 15.9. The fourth-order valence-electron chi connectivity index (χ4n) is 3.68. The van der Waals surface area contributed by atoms with Crippen LogP contribution in [0.2, 0.25) is 0 Å². The Labute approximate surface area is 226 Å². The third-order valence-electron chi connectivity index (χ3n) is 5.86. The lowest BCUT2D eigenvalue weighted by Gasteiger charge is -2.26. The monoisotopic (exact) mass is 610 g/mol. The van der Waals surface area contributed by atoms with Crippen LogP contribution in [0.3, 0.4) is 0 Å². The molecule has 0 N–H and O–H groups in total. The molecular weight excluding hydrogens is 587 g/mol. The van der Waals surface area contributed by atoms with Crippen molar-refractivity contribution >= 4 is 37.1 Å². The van der Waals surface area contributed by atoms with Crippen molar-refractivity contribution in [2.75, 3.05) is 14.2 Å². The molecule has 0 spiro atoms. The minimum Gasteiger partial charge on any atom is -0.494 e. The molecule has 2 atom stereocenters. The number of rotatable bonds is 9. The van der Waals surface area contributed by atoms with Gasteiger partial charge in [0.05, 0.1) is 18.7 Å². The molecular formula is C23H24BrFN6O4S2. The van der Waals surface area contributed by atoms with Gasteiger partial charge in [-0.25, -0.2) is 27.8 Å². The van der Waals surface area contributed by atoms with E-state index in [1.165, 1.54) is 49.4 Å². The summed E-state index contributed by atoms with van der Waals surface area (Å²) in [6.45, 7) is 4.27. The summed E-state index contributed by atoms with van der Waals surface area (Å²) in [6, 6.07) is 5.16. The number of alkyl halides is 1. The van der Waals surface area contributed by atoms with Crippen molar-refractivity contribution < 1.29 is 22.3 Å². The van der Waals surface area contributed by atoms with E-state index < -0.39 is 26.5 Å². The number of methoxy groups -OCH3 is 2. The van der Waals surface area contributed by atoms with Crippen molar-refractivity contribution in [3.63, 3.8) is 0 Å². The second-order valence-electron chi connectivity index (χ2n) is 8.33. The Morgan fingerprint density at radius 1 is 1.16 bits per heavy atom. The van der Waals surface area contributed by atoms with Gasteiger partial charge in [-0.3, -0.25) is 4.57 Å². The summed E-state index contributed by atoms with van der Waals surface area (Å²) < 4.78 is 56.2. The summed E-state index contributed by atoms with van der Waals surface area (Å²) in [4.78, 5) is 12.4.